The van der Waals surface area contributed by atoms with Crippen molar-refractivity contribution in [2.24, 2.45) is 0 Å². The molecule has 0 atom stereocenters. The van der Waals surface area contributed by atoms with Crippen molar-refractivity contribution in [3.05, 3.63) is 23.0 Å². The number of hydrogen-bond acceptors (Lipinski definition) is 5. The van der Waals surface area contributed by atoms with Gasteiger partial charge in [0.15, 0.2) is 10.8 Å². The van der Waals surface area contributed by atoms with Gasteiger partial charge in [-0.15, -0.1) is 10.2 Å². The average molecular weight is 231 g/mol. The molecule has 82 valence electrons. The molecule has 0 aliphatic rings. The van der Waals surface area contributed by atoms with Crippen LogP contribution < -0.4 is 0 Å². The number of esters is 1. The minimum absolute atomic E-state index is 0.150. The Kier molecular flexibility index (Phi) is 5.00. The van der Waals surface area contributed by atoms with Crippen LogP contribution >= 0.6 is 11.6 Å². The van der Waals surface area contributed by atoms with Crippen LogP contribution in [-0.4, -0.2) is 36.5 Å². The number of nitrogens with zero attached hydrogens (tertiary/aromatic N) is 2. The number of carbonyl (C=O) groups is 1. The Hall–Kier alpha value is -1.20. The summed E-state index contributed by atoms with van der Waals surface area (Å²) >= 11 is 5.52. The lowest BCUT2D eigenvalue weighted by Gasteiger charge is -2.02. The van der Waals surface area contributed by atoms with Crippen LogP contribution in [0.3, 0.4) is 0 Å². The van der Waals surface area contributed by atoms with Crippen LogP contribution in [0.25, 0.3) is 0 Å². The molecule has 5 nitrogen and oxygen atoms in total. The third-order valence-electron chi connectivity index (χ3n) is 1.57. The highest BCUT2D eigenvalue weighted by atomic mass is 35.5. The molecule has 0 bridgehead atoms. The smallest absolute Gasteiger partial charge is 0.358 e. The first kappa shape index (κ1) is 11.9. The SMILES string of the molecule is COCCCOC(=O)c1ccc(Cl)nn1. The molecule has 0 aliphatic carbocycles. The van der Waals surface area contributed by atoms with E-state index in [1.54, 1.807) is 7.11 Å². The number of aromatic nitrogens is 2. The monoisotopic (exact) mass is 230 g/mol. The number of carbonyl (C=O) groups excluding carboxylic acids is 1. The Morgan fingerprint density at radius 2 is 2.20 bits per heavy atom. The second kappa shape index (κ2) is 6.31. The molecule has 1 heterocycles. The maximum absolute atomic E-state index is 11.3. The second-order valence-electron chi connectivity index (χ2n) is 2.72. The van der Waals surface area contributed by atoms with Crippen molar-refractivity contribution in [3.8, 4) is 0 Å². The van der Waals surface area contributed by atoms with Gasteiger partial charge in [-0.3, -0.25) is 0 Å². The summed E-state index contributed by atoms with van der Waals surface area (Å²) in [4.78, 5) is 11.3. The summed E-state index contributed by atoms with van der Waals surface area (Å²) in [5, 5.41) is 7.37. The molecule has 0 spiro atoms. The molecule has 0 fully saturated rings. The third kappa shape index (κ3) is 4.22. The average Bonchev–Trinajstić information content (AvgIpc) is 2.25. The van der Waals surface area contributed by atoms with E-state index in [1.807, 2.05) is 0 Å². The maximum Gasteiger partial charge on any atom is 0.358 e. The molecular formula is C9H11ClN2O3. The molecule has 0 aromatic carbocycles. The minimum atomic E-state index is -0.504. The molecule has 1 rings (SSSR count). The first-order valence-corrected chi connectivity index (χ1v) is 4.77. The van der Waals surface area contributed by atoms with Crippen LogP contribution in [0.1, 0.15) is 16.9 Å². The molecule has 6 heteroatoms. The van der Waals surface area contributed by atoms with E-state index in [1.165, 1.54) is 12.1 Å². The largest absolute Gasteiger partial charge is 0.461 e. The molecular weight excluding hydrogens is 220 g/mol. The zero-order valence-electron chi connectivity index (χ0n) is 8.27. The van der Waals surface area contributed by atoms with Crippen LogP contribution in [0, 0.1) is 0 Å². The van der Waals surface area contributed by atoms with Crippen molar-refractivity contribution in [2.45, 2.75) is 6.42 Å². The maximum atomic E-state index is 11.3. The van der Waals surface area contributed by atoms with Crippen molar-refractivity contribution >= 4 is 17.6 Å². The van der Waals surface area contributed by atoms with E-state index in [0.29, 0.717) is 19.6 Å². The van der Waals surface area contributed by atoms with E-state index >= 15 is 0 Å². The predicted molar refractivity (Wildman–Crippen MR) is 53.8 cm³/mol. The lowest BCUT2D eigenvalue weighted by atomic mass is 10.4. The van der Waals surface area contributed by atoms with Crippen molar-refractivity contribution in [3.63, 3.8) is 0 Å². The summed E-state index contributed by atoms with van der Waals surface area (Å²) in [5.41, 5.74) is 0.150. The molecule has 0 saturated heterocycles. The van der Waals surface area contributed by atoms with Gasteiger partial charge >= 0.3 is 5.97 Å². The normalized spacial score (nSPS) is 10.0. The number of rotatable bonds is 5. The summed E-state index contributed by atoms with van der Waals surface area (Å²) < 4.78 is 9.71. The Balaban J connectivity index is 2.37. The number of ether oxygens (including phenoxy) is 2. The van der Waals surface area contributed by atoms with Gasteiger partial charge in [-0.25, -0.2) is 4.79 Å². The molecule has 0 N–H and O–H groups in total. The Labute approximate surface area is 92.4 Å². The van der Waals surface area contributed by atoms with Gasteiger partial charge in [0.2, 0.25) is 0 Å². The topological polar surface area (TPSA) is 61.3 Å². The summed E-state index contributed by atoms with van der Waals surface area (Å²) in [6.45, 7) is 0.858. The third-order valence-corrected chi connectivity index (χ3v) is 1.77. The highest BCUT2D eigenvalue weighted by Gasteiger charge is 2.08. The zero-order chi connectivity index (χ0) is 11.1. The quantitative estimate of drug-likeness (QED) is 0.564. The number of halogens is 1. The van der Waals surface area contributed by atoms with E-state index < -0.39 is 5.97 Å². The summed E-state index contributed by atoms with van der Waals surface area (Å²) in [5.74, 6) is -0.504. The summed E-state index contributed by atoms with van der Waals surface area (Å²) in [6.07, 6.45) is 0.656. The second-order valence-corrected chi connectivity index (χ2v) is 3.11. The van der Waals surface area contributed by atoms with Gasteiger partial charge in [0.05, 0.1) is 6.61 Å². The number of hydrogen-bond donors (Lipinski definition) is 0. The van der Waals surface area contributed by atoms with Crippen molar-refractivity contribution < 1.29 is 14.3 Å². The van der Waals surface area contributed by atoms with Gasteiger partial charge in [0.25, 0.3) is 0 Å². The predicted octanol–water partition coefficient (Wildman–Crippen LogP) is 1.32. The highest BCUT2D eigenvalue weighted by molar-refractivity contribution is 6.29. The molecule has 0 unspecified atom stereocenters. The fraction of sp³-hybridized carbons (Fsp3) is 0.444. The number of methoxy groups -OCH3 is 1. The van der Waals surface area contributed by atoms with Gasteiger partial charge in [-0.05, 0) is 12.1 Å². The van der Waals surface area contributed by atoms with E-state index in [9.17, 15) is 4.79 Å². The minimum Gasteiger partial charge on any atom is -0.461 e. The van der Waals surface area contributed by atoms with Gasteiger partial charge in [0, 0.05) is 20.1 Å². The summed E-state index contributed by atoms with van der Waals surface area (Å²) in [6, 6.07) is 2.95. The van der Waals surface area contributed by atoms with Gasteiger partial charge in [-0.2, -0.15) is 0 Å². The fourth-order valence-corrected chi connectivity index (χ4v) is 0.968. The molecule has 0 amide bonds. The van der Waals surface area contributed by atoms with E-state index in [4.69, 9.17) is 21.1 Å². The van der Waals surface area contributed by atoms with Gasteiger partial charge < -0.3 is 9.47 Å². The first-order chi connectivity index (χ1) is 7.24. The zero-order valence-corrected chi connectivity index (χ0v) is 9.03. The van der Waals surface area contributed by atoms with Crippen molar-refractivity contribution in [2.75, 3.05) is 20.3 Å². The molecule has 1 aromatic rings. The van der Waals surface area contributed by atoms with Crippen LogP contribution in [0.4, 0.5) is 0 Å². The van der Waals surface area contributed by atoms with Crippen LogP contribution in [0.15, 0.2) is 12.1 Å². The van der Waals surface area contributed by atoms with Gasteiger partial charge in [0.1, 0.15) is 0 Å². The van der Waals surface area contributed by atoms with Crippen molar-refractivity contribution in [1.29, 1.82) is 0 Å². The Morgan fingerprint density at radius 1 is 1.40 bits per heavy atom. The molecule has 0 radical (unpaired) electrons. The Morgan fingerprint density at radius 3 is 2.80 bits per heavy atom. The lowest BCUT2D eigenvalue weighted by molar-refractivity contribution is 0.0460. The highest BCUT2D eigenvalue weighted by Crippen LogP contribution is 2.03. The molecule has 1 aromatic heterocycles. The first-order valence-electron chi connectivity index (χ1n) is 4.39. The van der Waals surface area contributed by atoms with E-state index in [0.717, 1.165) is 0 Å². The Bertz CT molecular complexity index is 316. The lowest BCUT2D eigenvalue weighted by Crippen LogP contribution is -2.10. The summed E-state index contributed by atoms with van der Waals surface area (Å²) in [7, 11) is 1.59. The van der Waals surface area contributed by atoms with E-state index in [-0.39, 0.29) is 10.8 Å². The molecule has 0 saturated carbocycles. The van der Waals surface area contributed by atoms with Crippen LogP contribution in [-0.2, 0) is 9.47 Å². The van der Waals surface area contributed by atoms with Crippen LogP contribution in [0.5, 0.6) is 0 Å². The van der Waals surface area contributed by atoms with Gasteiger partial charge in [-0.1, -0.05) is 11.6 Å². The van der Waals surface area contributed by atoms with Crippen molar-refractivity contribution in [1.82, 2.24) is 10.2 Å². The molecule has 15 heavy (non-hydrogen) atoms. The van der Waals surface area contributed by atoms with Crippen LogP contribution in [0.2, 0.25) is 5.15 Å². The standard InChI is InChI=1S/C9H11ClN2O3/c1-14-5-2-6-15-9(13)7-3-4-8(10)12-11-7/h3-4H,2,5-6H2,1H3. The van der Waals surface area contributed by atoms with E-state index in [2.05, 4.69) is 10.2 Å². The molecule has 0 aliphatic heterocycles. The fourth-order valence-electron chi connectivity index (χ4n) is 0.867.